The van der Waals surface area contributed by atoms with Crippen molar-refractivity contribution < 1.29 is 17.9 Å². The summed E-state index contributed by atoms with van der Waals surface area (Å²) in [5, 5.41) is 5.95. The third kappa shape index (κ3) is 4.03. The monoisotopic (exact) mass is 395 g/mol. The average molecular weight is 396 g/mol. The van der Waals surface area contributed by atoms with Crippen molar-refractivity contribution in [2.45, 2.75) is 6.42 Å². The lowest BCUT2D eigenvalue weighted by atomic mass is 10.2. The lowest BCUT2D eigenvalue weighted by Gasteiger charge is -2.20. The van der Waals surface area contributed by atoms with Crippen LogP contribution in [-0.2, 0) is 10.0 Å². The fraction of sp³-hybridized carbons (Fsp3) is 0.235. The zero-order chi connectivity index (χ0) is 18.7. The maximum absolute atomic E-state index is 12.1. The van der Waals surface area contributed by atoms with E-state index in [0.29, 0.717) is 40.8 Å². The molecule has 3 rings (SSSR count). The summed E-state index contributed by atoms with van der Waals surface area (Å²) in [6, 6.07) is 11.1. The van der Waals surface area contributed by atoms with Gasteiger partial charge in [0.1, 0.15) is 5.75 Å². The molecule has 1 aliphatic heterocycles. The topological polar surface area (TPSA) is 87.7 Å². The number of benzene rings is 2. The molecule has 2 aromatic carbocycles. The number of ether oxygens (including phenoxy) is 1. The molecular formula is C17H18ClN3O4S. The van der Waals surface area contributed by atoms with Crippen LogP contribution < -0.4 is 19.7 Å². The van der Waals surface area contributed by atoms with Crippen LogP contribution in [0.2, 0.25) is 5.02 Å². The first kappa shape index (κ1) is 18.3. The number of hydrogen-bond donors (Lipinski definition) is 2. The molecule has 138 valence electrons. The van der Waals surface area contributed by atoms with Gasteiger partial charge in [-0.1, -0.05) is 11.6 Å². The maximum Gasteiger partial charge on any atom is 0.323 e. The van der Waals surface area contributed by atoms with Gasteiger partial charge in [0.05, 0.1) is 18.6 Å². The van der Waals surface area contributed by atoms with Crippen molar-refractivity contribution in [3.8, 4) is 5.75 Å². The third-order valence-corrected chi connectivity index (χ3v) is 6.02. The number of methoxy groups -OCH3 is 1. The highest BCUT2D eigenvalue weighted by atomic mass is 35.5. The Balaban J connectivity index is 1.75. The van der Waals surface area contributed by atoms with E-state index >= 15 is 0 Å². The second-order valence-electron chi connectivity index (χ2n) is 5.71. The maximum atomic E-state index is 12.1. The van der Waals surface area contributed by atoms with E-state index < -0.39 is 16.1 Å². The number of nitrogens with zero attached hydrogens (tertiary/aromatic N) is 1. The van der Waals surface area contributed by atoms with Crippen molar-refractivity contribution in [3.05, 3.63) is 47.5 Å². The summed E-state index contributed by atoms with van der Waals surface area (Å²) in [5.74, 6) is 0.499. The van der Waals surface area contributed by atoms with Gasteiger partial charge in [0.25, 0.3) is 0 Å². The lowest BCUT2D eigenvalue weighted by Crippen LogP contribution is -2.25. The molecule has 1 aliphatic rings. The number of anilines is 3. The second kappa shape index (κ2) is 7.43. The molecule has 1 fully saturated rings. The van der Waals surface area contributed by atoms with Crippen LogP contribution >= 0.6 is 11.6 Å². The Hall–Kier alpha value is -2.45. The molecule has 0 aromatic heterocycles. The molecule has 0 unspecified atom stereocenters. The molecule has 0 spiro atoms. The largest absolute Gasteiger partial charge is 0.494 e. The Labute approximate surface area is 157 Å². The normalized spacial score (nSPS) is 15.5. The number of halogens is 1. The molecule has 2 amide bonds. The van der Waals surface area contributed by atoms with Crippen LogP contribution in [0.15, 0.2) is 42.5 Å². The van der Waals surface area contributed by atoms with Gasteiger partial charge in [-0.3, -0.25) is 4.31 Å². The van der Waals surface area contributed by atoms with Crippen LogP contribution in [0.3, 0.4) is 0 Å². The fourth-order valence-corrected chi connectivity index (χ4v) is 4.40. The SMILES string of the molecule is COc1cc(NC(=O)Nc2ccc(Cl)cc2)ccc1N1CCCS1(=O)=O. The van der Waals surface area contributed by atoms with Crippen molar-refractivity contribution >= 4 is 44.7 Å². The van der Waals surface area contributed by atoms with E-state index in [1.807, 2.05) is 0 Å². The summed E-state index contributed by atoms with van der Waals surface area (Å²) in [6.45, 7) is 0.419. The molecule has 0 aliphatic carbocycles. The number of rotatable bonds is 4. The number of urea groups is 1. The molecule has 0 atom stereocenters. The number of carbonyl (C=O) groups excluding carboxylic acids is 1. The molecule has 0 saturated carbocycles. The average Bonchev–Trinajstić information content (AvgIpc) is 2.96. The zero-order valence-electron chi connectivity index (χ0n) is 14.0. The standard InChI is InChI=1S/C17H18ClN3O4S/c1-25-16-11-14(7-8-15(16)21-9-2-10-26(21,23)24)20-17(22)19-13-5-3-12(18)4-6-13/h3-8,11H,2,9-10H2,1H3,(H2,19,20,22). The minimum atomic E-state index is -3.31. The predicted molar refractivity (Wildman–Crippen MR) is 103 cm³/mol. The number of sulfonamides is 1. The van der Waals surface area contributed by atoms with E-state index in [1.54, 1.807) is 42.5 Å². The highest BCUT2D eigenvalue weighted by Crippen LogP contribution is 2.35. The van der Waals surface area contributed by atoms with Crippen molar-refractivity contribution in [3.63, 3.8) is 0 Å². The van der Waals surface area contributed by atoms with Gasteiger partial charge in [-0.15, -0.1) is 0 Å². The van der Waals surface area contributed by atoms with Gasteiger partial charge in [0, 0.05) is 29.0 Å². The van der Waals surface area contributed by atoms with Crippen molar-refractivity contribution in [2.24, 2.45) is 0 Å². The molecular weight excluding hydrogens is 378 g/mol. The van der Waals surface area contributed by atoms with Crippen LogP contribution in [0.5, 0.6) is 5.75 Å². The first-order valence-electron chi connectivity index (χ1n) is 7.91. The number of hydrogen-bond acceptors (Lipinski definition) is 4. The Morgan fingerprint density at radius 3 is 2.38 bits per heavy atom. The van der Waals surface area contributed by atoms with Crippen LogP contribution in [0.1, 0.15) is 6.42 Å². The molecule has 0 bridgehead atoms. The minimum absolute atomic E-state index is 0.125. The Bertz CT molecular complexity index is 916. The van der Waals surface area contributed by atoms with Gasteiger partial charge in [0.15, 0.2) is 0 Å². The van der Waals surface area contributed by atoms with Gasteiger partial charge in [-0.2, -0.15) is 0 Å². The number of carbonyl (C=O) groups is 1. The second-order valence-corrected chi connectivity index (χ2v) is 8.16. The van der Waals surface area contributed by atoms with Crippen LogP contribution in [0.4, 0.5) is 21.9 Å². The molecule has 2 aromatic rings. The summed E-state index contributed by atoms with van der Waals surface area (Å²) in [4.78, 5) is 12.1. The Morgan fingerprint density at radius 1 is 1.12 bits per heavy atom. The van der Waals surface area contributed by atoms with E-state index in [-0.39, 0.29) is 5.75 Å². The molecule has 9 heteroatoms. The molecule has 26 heavy (non-hydrogen) atoms. The Kier molecular flexibility index (Phi) is 5.24. The minimum Gasteiger partial charge on any atom is -0.494 e. The molecule has 2 N–H and O–H groups in total. The first-order chi connectivity index (χ1) is 12.4. The van der Waals surface area contributed by atoms with E-state index in [9.17, 15) is 13.2 Å². The van der Waals surface area contributed by atoms with E-state index in [2.05, 4.69) is 10.6 Å². The summed E-state index contributed by atoms with van der Waals surface area (Å²) >= 11 is 5.81. The van der Waals surface area contributed by atoms with E-state index in [0.717, 1.165) is 0 Å². The van der Waals surface area contributed by atoms with Gasteiger partial charge in [0.2, 0.25) is 10.0 Å². The number of amides is 2. The molecule has 1 heterocycles. The molecule has 1 saturated heterocycles. The van der Waals surface area contributed by atoms with Gasteiger partial charge in [-0.25, -0.2) is 13.2 Å². The van der Waals surface area contributed by atoms with Crippen LogP contribution in [0.25, 0.3) is 0 Å². The number of nitrogens with one attached hydrogen (secondary N) is 2. The first-order valence-corrected chi connectivity index (χ1v) is 9.90. The van der Waals surface area contributed by atoms with Crippen LogP contribution in [0, 0.1) is 0 Å². The van der Waals surface area contributed by atoms with E-state index in [4.69, 9.17) is 16.3 Å². The van der Waals surface area contributed by atoms with Crippen molar-refractivity contribution in [2.75, 3.05) is 34.3 Å². The fourth-order valence-electron chi connectivity index (χ4n) is 2.70. The summed E-state index contributed by atoms with van der Waals surface area (Å²) in [7, 11) is -1.85. The Morgan fingerprint density at radius 2 is 1.77 bits per heavy atom. The predicted octanol–water partition coefficient (Wildman–Crippen LogP) is 3.53. The van der Waals surface area contributed by atoms with Gasteiger partial charge >= 0.3 is 6.03 Å². The smallest absolute Gasteiger partial charge is 0.323 e. The summed E-state index contributed by atoms with van der Waals surface area (Å²) in [6.07, 6.45) is 0.578. The van der Waals surface area contributed by atoms with Gasteiger partial charge in [-0.05, 0) is 42.8 Å². The summed E-state index contributed by atoms with van der Waals surface area (Å²) in [5.41, 5.74) is 1.54. The summed E-state index contributed by atoms with van der Waals surface area (Å²) < 4.78 is 30.9. The quantitative estimate of drug-likeness (QED) is 0.828. The zero-order valence-corrected chi connectivity index (χ0v) is 15.6. The van der Waals surface area contributed by atoms with Gasteiger partial charge < -0.3 is 15.4 Å². The van der Waals surface area contributed by atoms with Crippen molar-refractivity contribution in [1.82, 2.24) is 0 Å². The highest BCUT2D eigenvalue weighted by Gasteiger charge is 2.30. The van der Waals surface area contributed by atoms with Crippen LogP contribution in [-0.4, -0.2) is 33.9 Å². The lowest BCUT2D eigenvalue weighted by molar-refractivity contribution is 0.262. The third-order valence-electron chi connectivity index (χ3n) is 3.91. The molecule has 7 nitrogen and oxygen atoms in total. The van der Waals surface area contributed by atoms with Crippen molar-refractivity contribution in [1.29, 1.82) is 0 Å². The highest BCUT2D eigenvalue weighted by molar-refractivity contribution is 7.93. The molecule has 0 radical (unpaired) electrons. The van der Waals surface area contributed by atoms with E-state index in [1.165, 1.54) is 11.4 Å².